The number of carbonyl (C=O) groups is 1. The van der Waals surface area contributed by atoms with Gasteiger partial charge in [-0.15, -0.1) is 0 Å². The van der Waals surface area contributed by atoms with Crippen LogP contribution in [0.15, 0.2) is 49.1 Å². The number of thioether (sulfide) groups is 1. The largest absolute Gasteiger partial charge is 0.417 e. The first-order chi connectivity index (χ1) is 14.4. The third-order valence-corrected chi connectivity index (χ3v) is 5.47. The van der Waals surface area contributed by atoms with E-state index in [2.05, 4.69) is 25.3 Å². The molecule has 1 aliphatic heterocycles. The average Bonchev–Trinajstić information content (AvgIpc) is 3.22. The minimum Gasteiger partial charge on any atom is -0.367 e. The van der Waals surface area contributed by atoms with Gasteiger partial charge in [0.2, 0.25) is 0 Å². The average molecular weight is 434 g/mol. The van der Waals surface area contributed by atoms with Crippen molar-refractivity contribution in [1.82, 2.24) is 19.7 Å². The fourth-order valence-corrected chi connectivity index (χ4v) is 3.94. The normalized spacial score (nSPS) is 14.6. The van der Waals surface area contributed by atoms with E-state index in [0.29, 0.717) is 5.95 Å². The van der Waals surface area contributed by atoms with Crippen molar-refractivity contribution in [2.75, 3.05) is 34.8 Å². The molecule has 1 amide bonds. The molecule has 3 aromatic rings. The van der Waals surface area contributed by atoms with Gasteiger partial charge in [0.15, 0.2) is 0 Å². The summed E-state index contributed by atoms with van der Waals surface area (Å²) in [6.07, 6.45) is 1.56. The number of alkyl halides is 3. The van der Waals surface area contributed by atoms with Crippen molar-refractivity contribution in [2.45, 2.75) is 6.18 Å². The van der Waals surface area contributed by atoms with Crippen molar-refractivity contribution in [3.8, 4) is 5.95 Å². The van der Waals surface area contributed by atoms with Crippen LogP contribution in [0.3, 0.4) is 0 Å². The van der Waals surface area contributed by atoms with E-state index in [0.717, 1.165) is 42.4 Å². The molecule has 1 aromatic carbocycles. The topological polar surface area (TPSA) is 75.9 Å². The second kappa shape index (κ2) is 8.34. The maximum Gasteiger partial charge on any atom is 0.417 e. The predicted octanol–water partition coefficient (Wildman–Crippen LogP) is 3.49. The fraction of sp³-hybridized carbons (Fsp3) is 0.263. The van der Waals surface area contributed by atoms with Crippen molar-refractivity contribution in [1.29, 1.82) is 0 Å². The summed E-state index contributed by atoms with van der Waals surface area (Å²) < 4.78 is 40.7. The van der Waals surface area contributed by atoms with Crippen LogP contribution in [0.25, 0.3) is 5.95 Å². The summed E-state index contributed by atoms with van der Waals surface area (Å²) in [5, 5.41) is 6.52. The van der Waals surface area contributed by atoms with Crippen LogP contribution in [0.4, 0.5) is 24.5 Å². The lowest BCUT2D eigenvalue weighted by Crippen LogP contribution is -2.32. The van der Waals surface area contributed by atoms with Gasteiger partial charge in [-0.3, -0.25) is 4.79 Å². The number of benzene rings is 1. The van der Waals surface area contributed by atoms with E-state index in [9.17, 15) is 18.0 Å². The van der Waals surface area contributed by atoms with Crippen LogP contribution in [0.2, 0.25) is 0 Å². The maximum atomic E-state index is 13.1. The molecular weight excluding hydrogens is 417 g/mol. The van der Waals surface area contributed by atoms with Crippen LogP contribution in [0, 0.1) is 0 Å². The van der Waals surface area contributed by atoms with Gasteiger partial charge >= 0.3 is 6.18 Å². The van der Waals surface area contributed by atoms with Gasteiger partial charge in [-0.2, -0.15) is 30.0 Å². The Morgan fingerprint density at radius 3 is 2.47 bits per heavy atom. The molecule has 1 saturated heterocycles. The molecule has 0 radical (unpaired) electrons. The molecule has 7 nitrogen and oxygen atoms in total. The highest BCUT2D eigenvalue weighted by molar-refractivity contribution is 7.99. The highest BCUT2D eigenvalue weighted by atomic mass is 32.2. The van der Waals surface area contributed by atoms with Gasteiger partial charge in [-0.25, -0.2) is 14.6 Å². The molecule has 1 aliphatic rings. The molecule has 0 spiro atoms. The van der Waals surface area contributed by atoms with Gasteiger partial charge in [-0.05, 0) is 12.1 Å². The first-order valence-electron chi connectivity index (χ1n) is 9.09. The number of hydrogen-bond donors (Lipinski definition) is 1. The Morgan fingerprint density at radius 2 is 1.77 bits per heavy atom. The number of carbonyl (C=O) groups excluding carboxylic acids is 1. The van der Waals surface area contributed by atoms with E-state index in [-0.39, 0.29) is 5.69 Å². The van der Waals surface area contributed by atoms with Gasteiger partial charge in [-0.1, -0.05) is 12.1 Å². The van der Waals surface area contributed by atoms with Crippen molar-refractivity contribution in [3.05, 3.63) is 60.2 Å². The van der Waals surface area contributed by atoms with Gasteiger partial charge in [0, 0.05) is 24.6 Å². The minimum absolute atomic E-state index is 0.234. The molecule has 4 rings (SSSR count). The van der Waals surface area contributed by atoms with Crippen molar-refractivity contribution >= 4 is 29.0 Å². The molecule has 156 valence electrons. The lowest BCUT2D eigenvalue weighted by atomic mass is 10.1. The zero-order valence-electron chi connectivity index (χ0n) is 15.6. The molecule has 1 fully saturated rings. The molecule has 0 aliphatic carbocycles. The van der Waals surface area contributed by atoms with E-state index in [4.69, 9.17) is 0 Å². The molecule has 2 aromatic heterocycles. The summed E-state index contributed by atoms with van der Waals surface area (Å²) in [6, 6.07) is 4.61. The summed E-state index contributed by atoms with van der Waals surface area (Å²) in [6.45, 7) is 1.87. The van der Waals surface area contributed by atoms with Gasteiger partial charge in [0.1, 0.15) is 0 Å². The Kier molecular flexibility index (Phi) is 5.62. The van der Waals surface area contributed by atoms with Crippen molar-refractivity contribution in [3.63, 3.8) is 0 Å². The quantitative estimate of drug-likeness (QED) is 0.678. The molecule has 0 bridgehead atoms. The molecule has 0 unspecified atom stereocenters. The Balaban J connectivity index is 1.48. The monoisotopic (exact) mass is 434 g/mol. The number of aromatic nitrogens is 4. The number of amides is 1. The standard InChI is InChI=1S/C19H17F3N6OS/c20-19(21,22)16-4-2-1-3-15(16)17(29)26-13-9-25-28(12-13)18-23-10-14(11-24-18)27-5-7-30-8-6-27/h1-4,9-12H,5-8H2,(H,26,29). The molecule has 11 heteroatoms. The molecule has 0 saturated carbocycles. The number of halogens is 3. The SMILES string of the molecule is O=C(Nc1cnn(-c2ncc(N3CCSCC3)cn2)c1)c1ccccc1C(F)(F)F. The van der Waals surface area contributed by atoms with Crippen LogP contribution in [0.1, 0.15) is 15.9 Å². The number of hydrogen-bond acceptors (Lipinski definition) is 6. The van der Waals surface area contributed by atoms with Crippen LogP contribution in [-0.2, 0) is 6.18 Å². The molecular formula is C19H17F3N6OS. The van der Waals surface area contributed by atoms with Crippen LogP contribution >= 0.6 is 11.8 Å². The highest BCUT2D eigenvalue weighted by Gasteiger charge is 2.34. The van der Waals surface area contributed by atoms with E-state index < -0.39 is 23.2 Å². The minimum atomic E-state index is -4.62. The lowest BCUT2D eigenvalue weighted by molar-refractivity contribution is -0.137. The summed E-state index contributed by atoms with van der Waals surface area (Å²) in [7, 11) is 0. The van der Waals surface area contributed by atoms with E-state index in [1.54, 1.807) is 12.4 Å². The second-order valence-corrected chi connectivity index (χ2v) is 7.74. The third-order valence-electron chi connectivity index (χ3n) is 4.52. The van der Waals surface area contributed by atoms with E-state index in [1.165, 1.54) is 29.2 Å². The first-order valence-corrected chi connectivity index (χ1v) is 10.2. The van der Waals surface area contributed by atoms with Gasteiger partial charge < -0.3 is 10.2 Å². The van der Waals surface area contributed by atoms with Gasteiger partial charge in [0.25, 0.3) is 11.9 Å². The van der Waals surface area contributed by atoms with Crippen LogP contribution in [-0.4, -0.2) is 50.3 Å². The Hall–Kier alpha value is -3.08. The lowest BCUT2D eigenvalue weighted by Gasteiger charge is -2.27. The number of anilines is 2. The molecule has 30 heavy (non-hydrogen) atoms. The maximum absolute atomic E-state index is 13.1. The van der Waals surface area contributed by atoms with E-state index >= 15 is 0 Å². The highest BCUT2D eigenvalue weighted by Crippen LogP contribution is 2.32. The summed E-state index contributed by atoms with van der Waals surface area (Å²) >= 11 is 1.91. The Bertz CT molecular complexity index is 1030. The second-order valence-electron chi connectivity index (χ2n) is 6.51. The fourth-order valence-electron chi connectivity index (χ4n) is 3.04. The first kappa shape index (κ1) is 20.2. The van der Waals surface area contributed by atoms with Crippen molar-refractivity contribution in [2.24, 2.45) is 0 Å². The Labute approximate surface area is 174 Å². The van der Waals surface area contributed by atoms with Gasteiger partial charge in [0.05, 0.1) is 47.3 Å². The van der Waals surface area contributed by atoms with Crippen LogP contribution in [0.5, 0.6) is 0 Å². The molecule has 3 heterocycles. The Morgan fingerprint density at radius 1 is 1.07 bits per heavy atom. The summed E-state index contributed by atoms with van der Waals surface area (Å²) in [4.78, 5) is 23.2. The number of nitrogens with zero attached hydrogens (tertiary/aromatic N) is 5. The van der Waals surface area contributed by atoms with Crippen LogP contribution < -0.4 is 10.2 Å². The smallest absolute Gasteiger partial charge is 0.367 e. The van der Waals surface area contributed by atoms with Crippen molar-refractivity contribution < 1.29 is 18.0 Å². The number of nitrogens with one attached hydrogen (secondary N) is 1. The summed E-state index contributed by atoms with van der Waals surface area (Å²) in [5.41, 5.74) is -0.302. The predicted molar refractivity (Wildman–Crippen MR) is 108 cm³/mol. The zero-order valence-corrected chi connectivity index (χ0v) is 16.5. The summed E-state index contributed by atoms with van der Waals surface area (Å²) in [5.74, 6) is 1.53. The zero-order chi connectivity index (χ0) is 21.1. The molecule has 0 atom stereocenters. The number of rotatable bonds is 4. The molecule has 1 N–H and O–H groups in total. The van der Waals surface area contributed by atoms with E-state index in [1.807, 2.05) is 11.8 Å². The third kappa shape index (κ3) is 4.40.